The van der Waals surface area contributed by atoms with Gasteiger partial charge in [0.25, 0.3) is 0 Å². The molecule has 0 fully saturated rings. The van der Waals surface area contributed by atoms with Crippen LogP contribution in [0.3, 0.4) is 0 Å². The molecule has 0 amide bonds. The molecule has 0 radical (unpaired) electrons. The Bertz CT molecular complexity index is 1440. The Labute approximate surface area is 484 Å². The van der Waals surface area contributed by atoms with Crippen LogP contribution in [0.4, 0.5) is 0 Å². The summed E-state index contributed by atoms with van der Waals surface area (Å²) in [5.41, 5.74) is 0. The van der Waals surface area contributed by atoms with Gasteiger partial charge in [-0.15, -0.1) is 0 Å². The summed E-state index contributed by atoms with van der Waals surface area (Å²) >= 11 is 0. The lowest BCUT2D eigenvalue weighted by Crippen LogP contribution is -2.30. The van der Waals surface area contributed by atoms with E-state index in [2.05, 4.69) is 93.7 Å². The molecular weight excluding hydrogens is 961 g/mol. The highest BCUT2D eigenvalue weighted by Gasteiger charge is 2.19. The first kappa shape index (κ1) is 74.8. The van der Waals surface area contributed by atoms with Crippen molar-refractivity contribution < 1.29 is 28.6 Å². The van der Waals surface area contributed by atoms with E-state index in [9.17, 15) is 14.4 Å². The van der Waals surface area contributed by atoms with E-state index in [4.69, 9.17) is 14.2 Å². The SMILES string of the molecule is CCCC/C=C\CCCCCCCC(=O)OCC(COC(=O)CCCCCCCCCCCCCCCCCCCC/C=C\C/C=C\C/C=C\CCCCCCC)OC(=O)CCCCCCC/C=C\C/C=C\CCCCCC. The first-order valence-corrected chi connectivity index (χ1v) is 33.9. The summed E-state index contributed by atoms with van der Waals surface area (Å²) in [5, 5.41) is 0. The number of unbranched alkanes of at least 4 members (excludes halogenated alkanes) is 39. The lowest BCUT2D eigenvalue weighted by molar-refractivity contribution is -0.167. The maximum Gasteiger partial charge on any atom is 0.306 e. The van der Waals surface area contributed by atoms with Crippen molar-refractivity contribution in [1.29, 1.82) is 0 Å². The zero-order valence-electron chi connectivity index (χ0n) is 51.9. The predicted octanol–water partition coefficient (Wildman–Crippen LogP) is 23.3. The topological polar surface area (TPSA) is 78.9 Å². The smallest absolute Gasteiger partial charge is 0.306 e. The van der Waals surface area contributed by atoms with Gasteiger partial charge >= 0.3 is 17.9 Å². The molecule has 0 bridgehead atoms. The van der Waals surface area contributed by atoms with Crippen molar-refractivity contribution in [2.75, 3.05) is 13.2 Å². The Morgan fingerprint density at radius 2 is 0.474 bits per heavy atom. The zero-order chi connectivity index (χ0) is 56.4. The molecule has 0 saturated carbocycles. The summed E-state index contributed by atoms with van der Waals surface area (Å²) in [6.45, 7) is 6.59. The number of ether oxygens (including phenoxy) is 3. The van der Waals surface area contributed by atoms with Crippen LogP contribution in [0.5, 0.6) is 0 Å². The van der Waals surface area contributed by atoms with Crippen molar-refractivity contribution in [3.8, 4) is 0 Å². The largest absolute Gasteiger partial charge is 0.462 e. The van der Waals surface area contributed by atoms with Gasteiger partial charge < -0.3 is 14.2 Å². The lowest BCUT2D eigenvalue weighted by atomic mass is 10.0. The minimum absolute atomic E-state index is 0.0808. The number of rotatable bonds is 62. The van der Waals surface area contributed by atoms with Gasteiger partial charge in [-0.3, -0.25) is 14.4 Å². The van der Waals surface area contributed by atoms with Gasteiger partial charge in [-0.2, -0.15) is 0 Å². The van der Waals surface area contributed by atoms with Crippen molar-refractivity contribution in [3.05, 3.63) is 72.9 Å². The highest BCUT2D eigenvalue weighted by molar-refractivity contribution is 5.71. The average molecular weight is 1090 g/mol. The molecule has 452 valence electrons. The second kappa shape index (κ2) is 66.4. The van der Waals surface area contributed by atoms with Crippen molar-refractivity contribution >= 4 is 17.9 Å². The van der Waals surface area contributed by atoms with Gasteiger partial charge in [-0.1, -0.05) is 293 Å². The summed E-state index contributed by atoms with van der Waals surface area (Å²) in [5.74, 6) is -0.890. The molecule has 0 N–H and O–H groups in total. The molecule has 1 atom stereocenters. The summed E-state index contributed by atoms with van der Waals surface area (Å²) in [7, 11) is 0. The van der Waals surface area contributed by atoms with E-state index in [0.717, 1.165) is 103 Å². The number of allylic oxidation sites excluding steroid dienone is 12. The molecule has 0 heterocycles. The molecule has 6 heteroatoms. The van der Waals surface area contributed by atoms with Crippen LogP contribution in [0.2, 0.25) is 0 Å². The van der Waals surface area contributed by atoms with Crippen LogP contribution in [0.1, 0.15) is 348 Å². The Balaban J connectivity index is 4.11. The van der Waals surface area contributed by atoms with Crippen molar-refractivity contribution in [2.24, 2.45) is 0 Å². The Morgan fingerprint density at radius 1 is 0.256 bits per heavy atom. The zero-order valence-corrected chi connectivity index (χ0v) is 51.9. The Kier molecular flexibility index (Phi) is 63.7. The summed E-state index contributed by atoms with van der Waals surface area (Å²) < 4.78 is 16.9. The molecule has 0 aliphatic heterocycles. The van der Waals surface area contributed by atoms with E-state index in [1.54, 1.807) is 0 Å². The molecule has 1 unspecified atom stereocenters. The number of esters is 3. The maximum atomic E-state index is 12.9. The second-order valence-corrected chi connectivity index (χ2v) is 22.7. The Hall–Kier alpha value is -3.15. The van der Waals surface area contributed by atoms with E-state index in [0.29, 0.717) is 19.3 Å². The van der Waals surface area contributed by atoms with E-state index in [1.165, 1.54) is 205 Å². The number of hydrogen-bond donors (Lipinski definition) is 0. The standard InChI is InChI=1S/C72H128O6/c1-4-7-10-13-16-19-22-24-26-28-29-30-31-32-33-34-35-36-37-38-39-40-41-42-43-44-46-47-50-53-56-59-62-65-71(74)77-68-69(67-76-70(73)64-61-58-55-52-49-21-18-15-12-9-6-3)78-72(75)66-63-60-57-54-51-48-45-27-25-23-20-17-14-11-8-5-2/h15,18,20,22-24,27-29,31-32,45,69H,4-14,16-17,19,21,25-26,30,33-44,46-68H2,1-3H3/b18-15-,23-20-,24-22-,29-28-,32-31-,45-27-. The summed E-state index contributed by atoms with van der Waals surface area (Å²) in [4.78, 5) is 38.2. The molecule has 0 aromatic rings. The van der Waals surface area contributed by atoms with Gasteiger partial charge in [-0.25, -0.2) is 0 Å². The molecular formula is C72H128O6. The van der Waals surface area contributed by atoms with Crippen LogP contribution < -0.4 is 0 Å². The van der Waals surface area contributed by atoms with Crippen LogP contribution in [-0.4, -0.2) is 37.2 Å². The molecule has 0 aliphatic rings. The summed E-state index contributed by atoms with van der Waals surface area (Å²) in [6, 6.07) is 0. The van der Waals surface area contributed by atoms with Gasteiger partial charge in [0, 0.05) is 19.3 Å². The average Bonchev–Trinajstić information content (AvgIpc) is 3.44. The molecule has 0 aliphatic carbocycles. The van der Waals surface area contributed by atoms with E-state index >= 15 is 0 Å². The molecule has 0 rings (SSSR count). The monoisotopic (exact) mass is 1090 g/mol. The molecule has 78 heavy (non-hydrogen) atoms. The molecule has 6 nitrogen and oxygen atoms in total. The third-order valence-corrected chi connectivity index (χ3v) is 14.9. The highest BCUT2D eigenvalue weighted by atomic mass is 16.6. The number of hydrogen-bond acceptors (Lipinski definition) is 6. The van der Waals surface area contributed by atoms with Crippen molar-refractivity contribution in [2.45, 2.75) is 354 Å². The fourth-order valence-electron chi connectivity index (χ4n) is 9.76. The first-order valence-electron chi connectivity index (χ1n) is 33.9. The van der Waals surface area contributed by atoms with Crippen molar-refractivity contribution in [1.82, 2.24) is 0 Å². The molecule has 0 aromatic heterocycles. The van der Waals surface area contributed by atoms with E-state index in [-0.39, 0.29) is 31.1 Å². The van der Waals surface area contributed by atoms with Crippen LogP contribution >= 0.6 is 0 Å². The third kappa shape index (κ3) is 63.7. The van der Waals surface area contributed by atoms with Gasteiger partial charge in [0.1, 0.15) is 13.2 Å². The van der Waals surface area contributed by atoms with Crippen LogP contribution in [0.15, 0.2) is 72.9 Å². The van der Waals surface area contributed by atoms with Crippen LogP contribution in [0, 0.1) is 0 Å². The van der Waals surface area contributed by atoms with Gasteiger partial charge in [0.2, 0.25) is 0 Å². The normalized spacial score (nSPS) is 12.5. The van der Waals surface area contributed by atoms with E-state index < -0.39 is 6.10 Å². The van der Waals surface area contributed by atoms with Gasteiger partial charge in [0.15, 0.2) is 6.10 Å². The van der Waals surface area contributed by atoms with Crippen LogP contribution in [0.25, 0.3) is 0 Å². The molecule has 0 saturated heterocycles. The Morgan fingerprint density at radius 3 is 0.782 bits per heavy atom. The maximum absolute atomic E-state index is 12.9. The first-order chi connectivity index (χ1) is 38.5. The van der Waals surface area contributed by atoms with E-state index in [1.807, 2.05) is 0 Å². The number of carbonyl (C=O) groups is 3. The van der Waals surface area contributed by atoms with Gasteiger partial charge in [-0.05, 0) is 109 Å². The summed E-state index contributed by atoms with van der Waals surface area (Å²) in [6.07, 6.45) is 86.5. The lowest BCUT2D eigenvalue weighted by Gasteiger charge is -2.18. The van der Waals surface area contributed by atoms with Gasteiger partial charge in [0.05, 0.1) is 0 Å². The van der Waals surface area contributed by atoms with Crippen LogP contribution in [-0.2, 0) is 28.6 Å². The fourth-order valence-corrected chi connectivity index (χ4v) is 9.76. The predicted molar refractivity (Wildman–Crippen MR) is 339 cm³/mol. The molecule has 0 spiro atoms. The minimum Gasteiger partial charge on any atom is -0.462 e. The highest BCUT2D eigenvalue weighted by Crippen LogP contribution is 2.17. The fraction of sp³-hybridized carbons (Fsp3) is 0.792. The third-order valence-electron chi connectivity index (χ3n) is 14.9. The second-order valence-electron chi connectivity index (χ2n) is 22.7. The van der Waals surface area contributed by atoms with Crippen molar-refractivity contribution in [3.63, 3.8) is 0 Å². The minimum atomic E-state index is -0.785. The quantitative estimate of drug-likeness (QED) is 0.0261. The number of carbonyl (C=O) groups excluding carboxylic acids is 3. The molecule has 0 aromatic carbocycles.